The number of nitriles is 2. The van der Waals surface area contributed by atoms with Crippen molar-refractivity contribution in [1.82, 2.24) is 0 Å². The molecule has 0 unspecified atom stereocenters. The zero-order chi connectivity index (χ0) is 8.53. The van der Waals surface area contributed by atoms with Crippen molar-refractivity contribution in [1.29, 1.82) is 10.5 Å². The summed E-state index contributed by atoms with van der Waals surface area (Å²) in [6, 6.07) is 0. The molecule has 11 heavy (non-hydrogen) atoms. The topological polar surface area (TPSA) is 67.8 Å². The van der Waals surface area contributed by atoms with Crippen LogP contribution < -0.4 is 0 Å². The summed E-state index contributed by atoms with van der Waals surface area (Å²) in [4.78, 5) is 0.724. The smallest absolute Gasteiger partial charge is 0.138 e. The quantitative estimate of drug-likeness (QED) is 0.676. The molecule has 3 nitrogen and oxygen atoms in total. The van der Waals surface area contributed by atoms with E-state index in [4.69, 9.17) is 15.6 Å². The van der Waals surface area contributed by atoms with Crippen molar-refractivity contribution in [3.8, 4) is 10.8 Å². The van der Waals surface area contributed by atoms with Crippen LogP contribution in [0.5, 0.6) is 0 Å². The standard InChI is InChI=1S/C6H6N2OS2/c7-4-10-3-6(1-2-9)11-5-8/h3,9H,1-2H2/b6-3+. The SMILES string of the molecule is N#CS/C=C(\CCO)SC#N. The molecule has 0 rings (SSSR count). The van der Waals surface area contributed by atoms with E-state index in [-0.39, 0.29) is 6.61 Å². The van der Waals surface area contributed by atoms with Crippen LogP contribution >= 0.6 is 23.5 Å². The van der Waals surface area contributed by atoms with Crippen molar-refractivity contribution in [3.63, 3.8) is 0 Å². The maximum Gasteiger partial charge on any atom is 0.138 e. The van der Waals surface area contributed by atoms with Crippen LogP contribution in [0.15, 0.2) is 10.3 Å². The van der Waals surface area contributed by atoms with E-state index >= 15 is 0 Å². The van der Waals surface area contributed by atoms with Crippen LogP contribution in [0, 0.1) is 21.3 Å². The molecule has 0 atom stereocenters. The van der Waals surface area contributed by atoms with E-state index in [9.17, 15) is 0 Å². The van der Waals surface area contributed by atoms with Gasteiger partial charge < -0.3 is 5.11 Å². The Bertz CT molecular complexity index is 214. The van der Waals surface area contributed by atoms with Crippen LogP contribution in [-0.4, -0.2) is 11.7 Å². The fraction of sp³-hybridized carbons (Fsp3) is 0.333. The lowest BCUT2D eigenvalue weighted by atomic mass is 10.4. The van der Waals surface area contributed by atoms with Gasteiger partial charge in [-0.05, 0) is 28.9 Å². The normalized spacial score (nSPS) is 10.3. The van der Waals surface area contributed by atoms with Crippen molar-refractivity contribution >= 4 is 23.5 Å². The Morgan fingerprint density at radius 3 is 2.64 bits per heavy atom. The maximum atomic E-state index is 8.51. The molecule has 0 aliphatic rings. The van der Waals surface area contributed by atoms with E-state index in [2.05, 4.69) is 0 Å². The van der Waals surface area contributed by atoms with E-state index in [0.717, 1.165) is 28.4 Å². The molecule has 0 fully saturated rings. The number of thioether (sulfide) groups is 2. The fourth-order valence-corrected chi connectivity index (χ4v) is 1.34. The van der Waals surface area contributed by atoms with Crippen molar-refractivity contribution in [2.75, 3.05) is 6.61 Å². The Morgan fingerprint density at radius 2 is 2.18 bits per heavy atom. The van der Waals surface area contributed by atoms with Crippen LogP contribution in [0.1, 0.15) is 6.42 Å². The third-order valence-electron chi connectivity index (χ3n) is 0.778. The highest BCUT2D eigenvalue weighted by Crippen LogP contribution is 2.20. The second-order valence-corrected chi connectivity index (χ2v) is 3.03. The molecule has 0 saturated carbocycles. The first-order chi connectivity index (χ1) is 5.35. The summed E-state index contributed by atoms with van der Waals surface area (Å²) in [6.07, 6.45) is 0.437. The summed E-state index contributed by atoms with van der Waals surface area (Å²) < 4.78 is 0. The number of aliphatic hydroxyl groups excluding tert-OH is 1. The third-order valence-corrected chi connectivity index (χ3v) is 2.11. The van der Waals surface area contributed by atoms with Crippen molar-refractivity contribution in [2.24, 2.45) is 0 Å². The zero-order valence-corrected chi connectivity index (χ0v) is 7.28. The summed E-state index contributed by atoms with van der Waals surface area (Å²) in [6.45, 7) is 0.00645. The van der Waals surface area contributed by atoms with Gasteiger partial charge >= 0.3 is 0 Å². The van der Waals surface area contributed by atoms with Gasteiger partial charge in [-0.25, -0.2) is 0 Å². The van der Waals surface area contributed by atoms with Crippen molar-refractivity contribution in [3.05, 3.63) is 10.3 Å². The summed E-state index contributed by atoms with van der Waals surface area (Å²) in [5.74, 6) is 0. The van der Waals surface area contributed by atoms with Gasteiger partial charge in [-0.3, -0.25) is 0 Å². The van der Waals surface area contributed by atoms with Gasteiger partial charge in [0.15, 0.2) is 0 Å². The molecule has 0 aliphatic heterocycles. The van der Waals surface area contributed by atoms with Gasteiger partial charge in [0.2, 0.25) is 0 Å². The van der Waals surface area contributed by atoms with Crippen LogP contribution in [0.4, 0.5) is 0 Å². The minimum Gasteiger partial charge on any atom is -0.396 e. The second-order valence-electron chi connectivity index (χ2n) is 1.46. The molecule has 1 N–H and O–H groups in total. The van der Waals surface area contributed by atoms with E-state index in [1.165, 1.54) is 0 Å². The summed E-state index contributed by atoms with van der Waals surface area (Å²) in [7, 11) is 0. The largest absolute Gasteiger partial charge is 0.396 e. The Labute approximate surface area is 73.7 Å². The van der Waals surface area contributed by atoms with Crippen LogP contribution in [0.25, 0.3) is 0 Å². The van der Waals surface area contributed by atoms with Crippen LogP contribution in [0.2, 0.25) is 0 Å². The summed E-state index contributed by atoms with van der Waals surface area (Å²) in [5.41, 5.74) is 0. The molecule has 0 aromatic carbocycles. The molecule has 0 spiro atoms. The second kappa shape index (κ2) is 7.49. The lowest BCUT2D eigenvalue weighted by Gasteiger charge is -1.94. The third kappa shape index (κ3) is 5.81. The van der Waals surface area contributed by atoms with Gasteiger partial charge in [0.05, 0.1) is 0 Å². The van der Waals surface area contributed by atoms with Gasteiger partial charge in [0.25, 0.3) is 0 Å². The number of hydrogen-bond acceptors (Lipinski definition) is 5. The predicted octanol–water partition coefficient (Wildman–Crippen LogP) is 1.64. The fourth-order valence-electron chi connectivity index (χ4n) is 0.395. The van der Waals surface area contributed by atoms with Crippen LogP contribution in [0.3, 0.4) is 0 Å². The molecule has 58 valence electrons. The van der Waals surface area contributed by atoms with Gasteiger partial charge in [0.1, 0.15) is 10.8 Å². The molecule has 0 bridgehead atoms. The summed E-state index contributed by atoms with van der Waals surface area (Å²) >= 11 is 1.93. The molecule has 5 heteroatoms. The minimum absolute atomic E-state index is 0.00645. The Hall–Kier alpha value is -0.620. The molecule has 0 saturated heterocycles. The summed E-state index contributed by atoms with van der Waals surface area (Å²) in [5, 5.41) is 30.2. The van der Waals surface area contributed by atoms with Gasteiger partial charge in [-0.2, -0.15) is 10.5 Å². The van der Waals surface area contributed by atoms with Crippen LogP contribution in [-0.2, 0) is 0 Å². The first-order valence-corrected chi connectivity index (χ1v) is 4.45. The number of thiocyanates is 2. The van der Waals surface area contributed by atoms with E-state index < -0.39 is 0 Å². The Kier molecular flexibility index (Phi) is 7.06. The van der Waals surface area contributed by atoms with E-state index in [1.54, 1.807) is 5.41 Å². The number of nitrogens with zero attached hydrogens (tertiary/aromatic N) is 2. The first kappa shape index (κ1) is 10.4. The lowest BCUT2D eigenvalue weighted by Crippen LogP contribution is -1.82. The molecule has 0 aromatic heterocycles. The van der Waals surface area contributed by atoms with Crippen molar-refractivity contribution in [2.45, 2.75) is 6.42 Å². The average molecular weight is 186 g/mol. The monoisotopic (exact) mass is 186 g/mol. The lowest BCUT2D eigenvalue weighted by molar-refractivity contribution is 0.302. The molecular formula is C6H6N2OS2. The molecule has 0 amide bonds. The van der Waals surface area contributed by atoms with E-state index in [1.807, 2.05) is 10.8 Å². The Morgan fingerprint density at radius 1 is 1.45 bits per heavy atom. The van der Waals surface area contributed by atoms with Gasteiger partial charge in [-0.1, -0.05) is 0 Å². The average Bonchev–Trinajstić information content (AvgIpc) is 2.01. The first-order valence-electron chi connectivity index (χ1n) is 2.75. The highest BCUT2D eigenvalue weighted by molar-refractivity contribution is 8.10. The highest BCUT2D eigenvalue weighted by atomic mass is 32.2. The Balaban J connectivity index is 3.90. The van der Waals surface area contributed by atoms with Gasteiger partial charge in [0, 0.05) is 17.9 Å². The molecule has 0 aliphatic carbocycles. The number of aliphatic hydroxyl groups is 1. The van der Waals surface area contributed by atoms with Crippen molar-refractivity contribution < 1.29 is 5.11 Å². The van der Waals surface area contributed by atoms with E-state index in [0.29, 0.717) is 6.42 Å². The minimum atomic E-state index is 0.00645. The molecule has 0 radical (unpaired) electrons. The molecule has 0 aromatic rings. The zero-order valence-electron chi connectivity index (χ0n) is 5.65. The number of rotatable bonds is 4. The predicted molar refractivity (Wildman–Crippen MR) is 46.2 cm³/mol. The number of hydrogen-bond donors (Lipinski definition) is 1. The van der Waals surface area contributed by atoms with Gasteiger partial charge in [-0.15, -0.1) is 0 Å². The molecular weight excluding hydrogens is 180 g/mol. The molecule has 0 heterocycles. The maximum absolute atomic E-state index is 8.51. The highest BCUT2D eigenvalue weighted by Gasteiger charge is 1.95.